The van der Waals surface area contributed by atoms with Gasteiger partial charge in [-0.3, -0.25) is 4.79 Å². The molecule has 1 saturated heterocycles. The molecule has 4 atom stereocenters. The van der Waals surface area contributed by atoms with Gasteiger partial charge in [0.1, 0.15) is 18.0 Å². The summed E-state index contributed by atoms with van der Waals surface area (Å²) in [6.07, 6.45) is 6.70. The minimum atomic E-state index is -0.604. The number of nitrogens with one attached hydrogen (secondary N) is 1. The fourth-order valence-corrected chi connectivity index (χ4v) is 2.68. The smallest absolute Gasteiger partial charge is 0.251 e. The summed E-state index contributed by atoms with van der Waals surface area (Å²) in [4.78, 5) is 12.2. The van der Waals surface area contributed by atoms with Crippen molar-refractivity contribution in [2.75, 3.05) is 13.2 Å². The van der Waals surface area contributed by atoms with Crippen LogP contribution in [0.3, 0.4) is 0 Å². The monoisotopic (exact) mass is 317 g/mol. The van der Waals surface area contributed by atoms with E-state index in [4.69, 9.17) is 9.47 Å². The zero-order valence-corrected chi connectivity index (χ0v) is 12.9. The molecular weight excluding hydrogens is 297 g/mol. The maximum absolute atomic E-state index is 12.9. The third kappa shape index (κ3) is 3.86. The van der Waals surface area contributed by atoms with Crippen molar-refractivity contribution in [3.63, 3.8) is 0 Å². The Morgan fingerprint density at radius 2 is 1.96 bits per heavy atom. The Labute approximate surface area is 135 Å². The first-order valence-electron chi connectivity index (χ1n) is 7.79. The number of halogens is 1. The number of carbonyl (C=O) groups is 1. The van der Waals surface area contributed by atoms with Crippen molar-refractivity contribution in [2.24, 2.45) is 0 Å². The van der Waals surface area contributed by atoms with Crippen LogP contribution >= 0.6 is 0 Å². The number of hydrogen-bond donors (Lipinski definition) is 1. The van der Waals surface area contributed by atoms with E-state index in [0.29, 0.717) is 6.54 Å². The number of rotatable bonds is 4. The largest absolute Gasteiger partial charge is 0.368 e. The van der Waals surface area contributed by atoms with Crippen LogP contribution in [-0.2, 0) is 14.3 Å². The molecule has 23 heavy (non-hydrogen) atoms. The Morgan fingerprint density at radius 3 is 2.70 bits per heavy atom. The number of allylic oxidation sites excluding steroid dienone is 2. The fraction of sp³-hybridized carbons (Fsp3) is 0.389. The molecule has 1 aromatic carbocycles. The van der Waals surface area contributed by atoms with Gasteiger partial charge in [-0.05, 0) is 23.6 Å². The van der Waals surface area contributed by atoms with E-state index in [1.165, 1.54) is 12.1 Å². The molecule has 4 nitrogen and oxygen atoms in total. The first-order chi connectivity index (χ1) is 11.1. The van der Waals surface area contributed by atoms with Crippen molar-refractivity contribution in [3.8, 4) is 0 Å². The molecular formula is C18H20FNO3. The van der Waals surface area contributed by atoms with Crippen LogP contribution < -0.4 is 5.32 Å². The van der Waals surface area contributed by atoms with Crippen LogP contribution in [0.1, 0.15) is 18.4 Å². The molecule has 1 heterocycles. The molecule has 1 fully saturated rings. The quantitative estimate of drug-likeness (QED) is 0.927. The summed E-state index contributed by atoms with van der Waals surface area (Å²) in [5, 5.41) is 2.88. The number of hydrogen-bond acceptors (Lipinski definition) is 3. The zero-order valence-electron chi connectivity index (χ0n) is 12.9. The molecule has 2 aliphatic rings. The summed E-state index contributed by atoms with van der Waals surface area (Å²) in [5.74, 6) is -0.350. The third-order valence-corrected chi connectivity index (χ3v) is 4.11. The van der Waals surface area contributed by atoms with Gasteiger partial charge in [0.25, 0.3) is 5.91 Å². The molecule has 122 valence electrons. The lowest BCUT2D eigenvalue weighted by atomic mass is 10.0. The second kappa shape index (κ2) is 7.06. The molecule has 0 spiro atoms. The Morgan fingerprint density at radius 1 is 1.26 bits per heavy atom. The average Bonchev–Trinajstić information content (AvgIpc) is 2.59. The normalized spacial score (nSPS) is 27.3. The SMILES string of the molecule is CC(CNC(=O)C1COC2C=CC=CC2O1)c1ccc(F)cc1. The van der Waals surface area contributed by atoms with Gasteiger partial charge >= 0.3 is 0 Å². The molecule has 1 aliphatic carbocycles. The van der Waals surface area contributed by atoms with E-state index in [1.54, 1.807) is 12.1 Å². The Hall–Kier alpha value is -1.98. The molecule has 1 aliphatic heterocycles. The average molecular weight is 317 g/mol. The van der Waals surface area contributed by atoms with E-state index in [-0.39, 0.29) is 36.5 Å². The maximum Gasteiger partial charge on any atom is 0.251 e. The molecule has 1 amide bonds. The topological polar surface area (TPSA) is 47.6 Å². The summed E-state index contributed by atoms with van der Waals surface area (Å²) in [6.45, 7) is 2.70. The summed E-state index contributed by atoms with van der Waals surface area (Å²) in [6, 6.07) is 6.32. The highest BCUT2D eigenvalue weighted by Gasteiger charge is 2.33. The number of ether oxygens (including phenoxy) is 2. The van der Waals surface area contributed by atoms with E-state index >= 15 is 0 Å². The summed E-state index contributed by atoms with van der Waals surface area (Å²) in [7, 11) is 0. The van der Waals surface area contributed by atoms with Crippen LogP contribution in [-0.4, -0.2) is 37.4 Å². The highest BCUT2D eigenvalue weighted by atomic mass is 19.1. The zero-order chi connectivity index (χ0) is 16.2. The van der Waals surface area contributed by atoms with Crippen LogP contribution in [0.25, 0.3) is 0 Å². The van der Waals surface area contributed by atoms with Crippen molar-refractivity contribution in [1.29, 1.82) is 0 Å². The maximum atomic E-state index is 12.9. The Bertz CT molecular complexity index is 611. The van der Waals surface area contributed by atoms with E-state index in [2.05, 4.69) is 5.32 Å². The minimum Gasteiger partial charge on any atom is -0.368 e. The standard InChI is InChI=1S/C18H20FNO3/c1-12(13-6-8-14(19)9-7-13)10-20-18(21)17-11-22-15-4-2-3-5-16(15)23-17/h2-9,12,15-17H,10-11H2,1H3,(H,20,21). The van der Waals surface area contributed by atoms with Gasteiger partial charge in [-0.2, -0.15) is 0 Å². The fourth-order valence-electron chi connectivity index (χ4n) is 2.68. The molecule has 0 saturated carbocycles. The summed E-state index contributed by atoms with van der Waals surface area (Å²) >= 11 is 0. The van der Waals surface area contributed by atoms with E-state index in [0.717, 1.165) is 5.56 Å². The van der Waals surface area contributed by atoms with Gasteiger partial charge in [-0.15, -0.1) is 0 Å². The van der Waals surface area contributed by atoms with Gasteiger partial charge in [0.2, 0.25) is 0 Å². The highest BCUT2D eigenvalue weighted by molar-refractivity contribution is 5.81. The van der Waals surface area contributed by atoms with Crippen molar-refractivity contribution in [1.82, 2.24) is 5.32 Å². The van der Waals surface area contributed by atoms with Crippen molar-refractivity contribution < 1.29 is 18.7 Å². The second-order valence-corrected chi connectivity index (χ2v) is 5.85. The Balaban J connectivity index is 1.50. The van der Waals surface area contributed by atoms with Crippen LogP contribution in [0, 0.1) is 5.82 Å². The summed E-state index contributed by atoms with van der Waals surface area (Å²) < 4.78 is 24.4. The van der Waals surface area contributed by atoms with E-state index in [9.17, 15) is 9.18 Å². The number of fused-ring (bicyclic) bond motifs is 1. The first-order valence-corrected chi connectivity index (χ1v) is 7.79. The van der Waals surface area contributed by atoms with Crippen LogP contribution in [0.15, 0.2) is 48.6 Å². The highest BCUT2D eigenvalue weighted by Crippen LogP contribution is 2.20. The van der Waals surface area contributed by atoms with Gasteiger partial charge in [-0.25, -0.2) is 4.39 Å². The van der Waals surface area contributed by atoms with Gasteiger partial charge < -0.3 is 14.8 Å². The molecule has 5 heteroatoms. The molecule has 4 unspecified atom stereocenters. The molecule has 0 radical (unpaired) electrons. The van der Waals surface area contributed by atoms with E-state index < -0.39 is 6.10 Å². The lowest BCUT2D eigenvalue weighted by molar-refractivity contribution is -0.168. The minimum absolute atomic E-state index is 0.0920. The summed E-state index contributed by atoms with van der Waals surface area (Å²) in [5.41, 5.74) is 0.980. The lowest BCUT2D eigenvalue weighted by Gasteiger charge is -2.34. The predicted molar refractivity (Wildman–Crippen MR) is 84.5 cm³/mol. The lowest BCUT2D eigenvalue weighted by Crippen LogP contribution is -2.49. The third-order valence-electron chi connectivity index (χ3n) is 4.11. The molecule has 0 bridgehead atoms. The van der Waals surface area contributed by atoms with E-state index in [1.807, 2.05) is 31.2 Å². The molecule has 1 N–H and O–H groups in total. The van der Waals surface area contributed by atoms with Crippen LogP contribution in [0.4, 0.5) is 4.39 Å². The number of amides is 1. The first kappa shape index (κ1) is 15.9. The van der Waals surface area contributed by atoms with Crippen LogP contribution in [0.5, 0.6) is 0 Å². The molecule has 1 aromatic rings. The molecule has 3 rings (SSSR count). The van der Waals surface area contributed by atoms with Crippen molar-refractivity contribution in [3.05, 3.63) is 60.0 Å². The predicted octanol–water partition coefficient (Wildman–Crippen LogP) is 2.32. The number of benzene rings is 1. The van der Waals surface area contributed by atoms with Gasteiger partial charge in [0.05, 0.1) is 6.61 Å². The molecule has 0 aromatic heterocycles. The van der Waals surface area contributed by atoms with Crippen LogP contribution in [0.2, 0.25) is 0 Å². The number of carbonyl (C=O) groups excluding carboxylic acids is 1. The second-order valence-electron chi connectivity index (χ2n) is 5.85. The van der Waals surface area contributed by atoms with Gasteiger partial charge in [0, 0.05) is 6.54 Å². The Kier molecular flexibility index (Phi) is 4.88. The van der Waals surface area contributed by atoms with Crippen molar-refractivity contribution >= 4 is 5.91 Å². The van der Waals surface area contributed by atoms with Gasteiger partial charge in [-0.1, -0.05) is 43.4 Å². The van der Waals surface area contributed by atoms with Gasteiger partial charge in [0.15, 0.2) is 6.10 Å². The van der Waals surface area contributed by atoms with Crippen molar-refractivity contribution in [2.45, 2.75) is 31.2 Å².